The van der Waals surface area contributed by atoms with Gasteiger partial charge in [-0.1, -0.05) is 35.5 Å². The van der Waals surface area contributed by atoms with Crippen LogP contribution in [0.1, 0.15) is 21.5 Å². The van der Waals surface area contributed by atoms with E-state index in [1.807, 2.05) is 55.8 Å². The number of aromatic nitrogens is 4. The van der Waals surface area contributed by atoms with E-state index in [1.54, 1.807) is 12.4 Å². The minimum Gasteiger partial charge on any atom is -0.305 e. The highest BCUT2D eigenvalue weighted by Gasteiger charge is 2.14. The summed E-state index contributed by atoms with van der Waals surface area (Å²) >= 11 is 1.40. The van der Waals surface area contributed by atoms with Crippen molar-refractivity contribution in [3.05, 3.63) is 59.4 Å². The zero-order valence-electron chi connectivity index (χ0n) is 13.9. The van der Waals surface area contributed by atoms with Crippen LogP contribution in [0, 0.1) is 13.8 Å². The molecule has 0 bridgehead atoms. The molecule has 5 nitrogen and oxygen atoms in total. The van der Waals surface area contributed by atoms with Crippen molar-refractivity contribution in [1.82, 2.24) is 19.7 Å². The van der Waals surface area contributed by atoms with Crippen LogP contribution in [0.4, 0.5) is 0 Å². The molecular weight excluding hydrogens is 320 g/mol. The summed E-state index contributed by atoms with van der Waals surface area (Å²) in [7, 11) is 1.90. The van der Waals surface area contributed by atoms with Crippen LogP contribution in [0.15, 0.2) is 47.9 Å². The second-order valence-electron chi connectivity index (χ2n) is 5.63. The Labute approximate surface area is 145 Å². The van der Waals surface area contributed by atoms with Gasteiger partial charge in [-0.15, -0.1) is 10.2 Å². The van der Waals surface area contributed by atoms with Gasteiger partial charge in [0.2, 0.25) is 0 Å². The predicted octanol–water partition coefficient (Wildman–Crippen LogP) is 3.47. The first-order chi connectivity index (χ1) is 11.6. The average molecular weight is 338 g/mol. The van der Waals surface area contributed by atoms with Gasteiger partial charge in [0.15, 0.2) is 16.8 Å². The molecule has 0 fully saturated rings. The van der Waals surface area contributed by atoms with Crippen molar-refractivity contribution in [2.45, 2.75) is 19.0 Å². The molecule has 3 aromatic rings. The number of carbonyl (C=O) groups is 1. The quantitative estimate of drug-likeness (QED) is 0.526. The van der Waals surface area contributed by atoms with Crippen LogP contribution in [0.2, 0.25) is 0 Å². The lowest BCUT2D eigenvalue weighted by atomic mass is 10.0. The lowest BCUT2D eigenvalue weighted by Gasteiger charge is -2.06. The lowest BCUT2D eigenvalue weighted by molar-refractivity contribution is 0.102. The van der Waals surface area contributed by atoms with E-state index < -0.39 is 0 Å². The van der Waals surface area contributed by atoms with Gasteiger partial charge in [-0.05, 0) is 31.5 Å². The second kappa shape index (κ2) is 6.97. The van der Waals surface area contributed by atoms with Crippen LogP contribution in [0.25, 0.3) is 11.4 Å². The molecule has 0 aliphatic heterocycles. The number of ketones is 1. The maximum Gasteiger partial charge on any atom is 0.191 e. The Hall–Kier alpha value is -2.47. The maximum absolute atomic E-state index is 12.5. The first kappa shape index (κ1) is 16.4. The zero-order chi connectivity index (χ0) is 17.1. The van der Waals surface area contributed by atoms with E-state index in [2.05, 4.69) is 15.2 Å². The molecule has 0 radical (unpaired) electrons. The minimum absolute atomic E-state index is 0.103. The average Bonchev–Trinajstić information content (AvgIpc) is 2.94. The van der Waals surface area contributed by atoms with E-state index in [4.69, 9.17) is 0 Å². The fourth-order valence-electron chi connectivity index (χ4n) is 2.53. The van der Waals surface area contributed by atoms with E-state index in [9.17, 15) is 4.79 Å². The van der Waals surface area contributed by atoms with E-state index in [1.165, 1.54) is 11.8 Å². The summed E-state index contributed by atoms with van der Waals surface area (Å²) in [6.07, 6.45) is 3.45. The molecule has 0 saturated heterocycles. The molecule has 0 unspecified atom stereocenters. The summed E-state index contributed by atoms with van der Waals surface area (Å²) in [6, 6.07) is 9.67. The topological polar surface area (TPSA) is 60.7 Å². The zero-order valence-corrected chi connectivity index (χ0v) is 14.7. The Kier molecular flexibility index (Phi) is 4.76. The fraction of sp³-hybridized carbons (Fsp3) is 0.222. The summed E-state index contributed by atoms with van der Waals surface area (Å²) < 4.78 is 1.90. The summed E-state index contributed by atoms with van der Waals surface area (Å²) in [5, 5.41) is 9.14. The molecule has 6 heteroatoms. The standard InChI is InChI=1S/C18H18N4OS/c1-12-4-5-15(13(2)10-12)16(23)11-24-18-21-20-17(22(18)3)14-6-8-19-9-7-14/h4-10H,11H2,1-3H3. The molecule has 1 aromatic carbocycles. The third-order valence-electron chi connectivity index (χ3n) is 3.79. The van der Waals surface area contributed by atoms with E-state index in [0.717, 1.165) is 33.2 Å². The second-order valence-corrected chi connectivity index (χ2v) is 6.57. The van der Waals surface area contributed by atoms with E-state index in [0.29, 0.717) is 5.75 Å². The largest absolute Gasteiger partial charge is 0.305 e. The number of carbonyl (C=O) groups excluding carboxylic acids is 1. The molecule has 0 saturated carbocycles. The number of hydrogen-bond donors (Lipinski definition) is 0. The lowest BCUT2D eigenvalue weighted by Crippen LogP contribution is -2.06. The molecular formula is C18H18N4OS. The highest BCUT2D eigenvalue weighted by Crippen LogP contribution is 2.23. The normalized spacial score (nSPS) is 10.8. The maximum atomic E-state index is 12.5. The van der Waals surface area contributed by atoms with Crippen molar-refractivity contribution in [2.24, 2.45) is 7.05 Å². The molecule has 0 aliphatic carbocycles. The van der Waals surface area contributed by atoms with Crippen LogP contribution in [0.5, 0.6) is 0 Å². The van der Waals surface area contributed by atoms with Gasteiger partial charge in [-0.3, -0.25) is 9.78 Å². The smallest absolute Gasteiger partial charge is 0.191 e. The van der Waals surface area contributed by atoms with Crippen LogP contribution < -0.4 is 0 Å². The number of Topliss-reactive ketones (excluding diaryl/α,β-unsaturated/α-hetero) is 1. The number of rotatable bonds is 5. The summed E-state index contributed by atoms with van der Waals surface area (Å²) in [5.41, 5.74) is 3.89. The number of benzene rings is 1. The van der Waals surface area contributed by atoms with Crippen molar-refractivity contribution in [3.63, 3.8) is 0 Å². The van der Waals surface area contributed by atoms with Crippen molar-refractivity contribution in [1.29, 1.82) is 0 Å². The van der Waals surface area contributed by atoms with Gasteiger partial charge in [-0.2, -0.15) is 0 Å². The number of nitrogens with zero attached hydrogens (tertiary/aromatic N) is 4. The molecule has 122 valence electrons. The minimum atomic E-state index is 0.103. The van der Waals surface area contributed by atoms with Crippen molar-refractivity contribution in [3.8, 4) is 11.4 Å². The van der Waals surface area contributed by atoms with Gasteiger partial charge < -0.3 is 4.57 Å². The molecule has 0 amide bonds. The SMILES string of the molecule is Cc1ccc(C(=O)CSc2nnc(-c3ccncc3)n2C)c(C)c1. The molecule has 2 heterocycles. The van der Waals surface area contributed by atoms with Crippen LogP contribution in [-0.4, -0.2) is 31.3 Å². The van der Waals surface area contributed by atoms with Crippen molar-refractivity contribution in [2.75, 3.05) is 5.75 Å². The van der Waals surface area contributed by atoms with Crippen LogP contribution in [-0.2, 0) is 7.05 Å². The Balaban J connectivity index is 1.73. The van der Waals surface area contributed by atoms with Gasteiger partial charge in [0, 0.05) is 30.6 Å². The van der Waals surface area contributed by atoms with Gasteiger partial charge >= 0.3 is 0 Å². The Morgan fingerprint density at radius 2 is 1.88 bits per heavy atom. The van der Waals surface area contributed by atoms with Crippen LogP contribution >= 0.6 is 11.8 Å². The fourth-order valence-corrected chi connectivity index (χ4v) is 3.32. The van der Waals surface area contributed by atoms with Gasteiger partial charge in [0.1, 0.15) is 0 Å². The molecule has 0 spiro atoms. The van der Waals surface area contributed by atoms with Crippen LogP contribution in [0.3, 0.4) is 0 Å². The third-order valence-corrected chi connectivity index (χ3v) is 4.81. The molecule has 0 aliphatic rings. The van der Waals surface area contributed by atoms with Crippen molar-refractivity contribution >= 4 is 17.5 Å². The highest BCUT2D eigenvalue weighted by molar-refractivity contribution is 7.99. The van der Waals surface area contributed by atoms with Gasteiger partial charge in [0.25, 0.3) is 0 Å². The number of thioether (sulfide) groups is 1. The molecule has 0 N–H and O–H groups in total. The summed E-state index contributed by atoms with van der Waals surface area (Å²) in [4.78, 5) is 16.5. The Morgan fingerprint density at radius 3 is 2.58 bits per heavy atom. The summed E-state index contributed by atoms with van der Waals surface area (Å²) in [6.45, 7) is 3.99. The highest BCUT2D eigenvalue weighted by atomic mass is 32.2. The molecule has 2 aromatic heterocycles. The Morgan fingerprint density at radius 1 is 1.12 bits per heavy atom. The molecule has 3 rings (SSSR count). The third kappa shape index (κ3) is 3.38. The monoisotopic (exact) mass is 338 g/mol. The Bertz CT molecular complexity index is 874. The summed E-state index contributed by atoms with van der Waals surface area (Å²) in [5.74, 6) is 1.21. The molecule has 0 atom stereocenters. The first-order valence-corrected chi connectivity index (χ1v) is 8.58. The van der Waals surface area contributed by atoms with E-state index in [-0.39, 0.29) is 5.78 Å². The number of aryl methyl sites for hydroxylation is 2. The van der Waals surface area contributed by atoms with Gasteiger partial charge in [0.05, 0.1) is 5.75 Å². The number of hydrogen-bond acceptors (Lipinski definition) is 5. The predicted molar refractivity (Wildman–Crippen MR) is 95.2 cm³/mol. The van der Waals surface area contributed by atoms with E-state index >= 15 is 0 Å². The van der Waals surface area contributed by atoms with Gasteiger partial charge in [-0.25, -0.2) is 0 Å². The first-order valence-electron chi connectivity index (χ1n) is 7.59. The number of pyridine rings is 1. The molecule has 24 heavy (non-hydrogen) atoms. The van der Waals surface area contributed by atoms with Crippen molar-refractivity contribution < 1.29 is 4.79 Å².